The number of rotatable bonds is 10. The van der Waals surface area contributed by atoms with Crippen LogP contribution >= 0.6 is 11.6 Å². The number of hydrogen-bond acceptors (Lipinski definition) is 9. The Morgan fingerprint density at radius 3 is 2.43 bits per heavy atom. The van der Waals surface area contributed by atoms with Gasteiger partial charge in [0.05, 0.1) is 29.6 Å². The minimum Gasteiger partial charge on any atom is -0.444 e. The lowest BCUT2D eigenvalue weighted by molar-refractivity contribution is -0.141. The summed E-state index contributed by atoms with van der Waals surface area (Å²) in [6.07, 6.45) is -3.26. The molecule has 2 aromatic rings. The molecule has 0 bridgehead atoms. The van der Waals surface area contributed by atoms with Gasteiger partial charge in [-0.15, -0.1) is 0 Å². The first-order valence-electron chi connectivity index (χ1n) is 17.4. The molecule has 3 fully saturated rings. The molecule has 2 aliphatic carbocycles. The van der Waals surface area contributed by atoms with E-state index < -0.39 is 80.0 Å². The molecular formula is C35H42ClF3N6O7S. The second kappa shape index (κ2) is 13.9. The molecule has 6 rings (SSSR count). The van der Waals surface area contributed by atoms with Crippen LogP contribution in [-0.4, -0.2) is 82.5 Å². The van der Waals surface area contributed by atoms with Crippen LogP contribution in [0.25, 0.3) is 0 Å². The van der Waals surface area contributed by atoms with E-state index in [2.05, 4.69) is 20.3 Å². The first-order chi connectivity index (χ1) is 24.7. The van der Waals surface area contributed by atoms with Gasteiger partial charge >= 0.3 is 12.3 Å². The molecule has 3 heterocycles. The molecule has 288 valence electrons. The molecule has 2 saturated carbocycles. The number of alkyl halides is 3. The second-order valence-corrected chi connectivity index (χ2v) is 17.7. The number of anilines is 1. The summed E-state index contributed by atoms with van der Waals surface area (Å²) in [4.78, 5) is 61.9. The number of pyridine rings is 1. The fraction of sp³-hybridized carbons (Fsp3) is 0.571. The van der Waals surface area contributed by atoms with Crippen LogP contribution in [0.15, 0.2) is 36.7 Å². The lowest BCUT2D eigenvalue weighted by Gasteiger charge is -2.36. The van der Waals surface area contributed by atoms with Gasteiger partial charge in [-0.05, 0) is 53.9 Å². The van der Waals surface area contributed by atoms with Crippen molar-refractivity contribution in [1.29, 1.82) is 0 Å². The maximum atomic E-state index is 14.5. The monoisotopic (exact) mass is 782 g/mol. The Kier molecular flexibility index (Phi) is 10.2. The fourth-order valence-corrected chi connectivity index (χ4v) is 8.67. The number of benzene rings is 1. The molecule has 1 aromatic carbocycles. The molecular weight excluding hydrogens is 741 g/mol. The van der Waals surface area contributed by atoms with Crippen LogP contribution in [0.5, 0.6) is 0 Å². The van der Waals surface area contributed by atoms with Crippen LogP contribution < -0.4 is 15.4 Å². The Balaban J connectivity index is 1.26. The Morgan fingerprint density at radius 2 is 1.83 bits per heavy atom. The Hall–Kier alpha value is -4.12. The van der Waals surface area contributed by atoms with E-state index in [1.807, 2.05) is 6.07 Å². The van der Waals surface area contributed by atoms with Crippen molar-refractivity contribution in [3.63, 3.8) is 0 Å². The lowest BCUT2D eigenvalue weighted by Crippen LogP contribution is -2.58. The number of halogens is 4. The molecule has 3 N–H and O–H groups in total. The number of ether oxygens (including phenoxy) is 1. The van der Waals surface area contributed by atoms with Gasteiger partial charge in [0.1, 0.15) is 23.7 Å². The van der Waals surface area contributed by atoms with E-state index in [-0.39, 0.29) is 44.1 Å². The fourth-order valence-electron chi connectivity index (χ4n) is 7.05. The van der Waals surface area contributed by atoms with Crippen LogP contribution in [0.3, 0.4) is 0 Å². The molecule has 13 nitrogen and oxygen atoms in total. The number of hydrogen-bond donors (Lipinski definition) is 3. The van der Waals surface area contributed by atoms with Crippen molar-refractivity contribution in [2.24, 2.45) is 11.3 Å². The molecule has 18 heteroatoms. The zero-order valence-corrected chi connectivity index (χ0v) is 31.2. The maximum Gasteiger partial charge on any atom is 0.417 e. The normalized spacial score (nSPS) is 24.6. The number of carbonyl (C=O) groups is 4. The highest BCUT2D eigenvalue weighted by molar-refractivity contribution is 7.91. The number of fused-ring (bicyclic) bond motifs is 1. The lowest BCUT2D eigenvalue weighted by atomic mass is 9.85. The Morgan fingerprint density at radius 1 is 1.11 bits per heavy atom. The average molecular weight is 783 g/mol. The van der Waals surface area contributed by atoms with Gasteiger partial charge in [0.2, 0.25) is 21.8 Å². The van der Waals surface area contributed by atoms with Gasteiger partial charge in [-0.25, -0.2) is 13.2 Å². The topological polar surface area (TPSA) is 167 Å². The van der Waals surface area contributed by atoms with Crippen molar-refractivity contribution >= 4 is 51.1 Å². The molecule has 0 unspecified atom stereocenters. The van der Waals surface area contributed by atoms with Gasteiger partial charge < -0.3 is 20.3 Å². The number of carbonyl (C=O) groups excluding carboxylic acids is 4. The SMILES string of the molecule is CC[C@@H]1C[C@]1(NC(=O)[C@@H]1C[C@@H](OC(=O)N2Cc3cccc(Cl)c3C2)CN1C(=O)[C@@H](Nc1cncc(C(F)(F)F)c1)C(C)(C)C)C(=O)NS(=O)(=O)C1CC1. The van der Waals surface area contributed by atoms with E-state index in [1.165, 1.54) is 9.80 Å². The molecule has 2 aliphatic heterocycles. The summed E-state index contributed by atoms with van der Waals surface area (Å²) in [6.45, 7) is 7.05. The highest BCUT2D eigenvalue weighted by atomic mass is 35.5. The van der Waals surface area contributed by atoms with Crippen molar-refractivity contribution in [1.82, 2.24) is 24.8 Å². The molecule has 1 saturated heterocycles. The first kappa shape index (κ1) is 38.6. The summed E-state index contributed by atoms with van der Waals surface area (Å²) in [6, 6.07) is 3.66. The number of nitrogens with one attached hydrogen (secondary N) is 3. The molecule has 0 radical (unpaired) electrons. The van der Waals surface area contributed by atoms with E-state index in [9.17, 15) is 40.8 Å². The summed E-state index contributed by atoms with van der Waals surface area (Å²) in [5.74, 6) is -2.67. The standard InChI is InChI=1S/C35H42ClF3N6O7S/c1-5-20-13-34(20,31(48)43-53(50,51)24-9-10-24)42-29(46)27-12-23(52-32(49)44-16-19-7-6-8-26(36)25(19)18-44)17-45(27)30(47)28(33(2,3)4)41-22-11-21(14-40-15-22)35(37,38)39/h6-8,11,14-15,20,23-24,27-28,41H,5,9-10,12-13,16-18H2,1-4H3,(H,42,46)(H,43,48)/t20-,23-,27+,28-,34-/m1/s1. The third-order valence-electron chi connectivity index (χ3n) is 10.3. The smallest absolute Gasteiger partial charge is 0.417 e. The van der Waals surface area contributed by atoms with Gasteiger partial charge in [-0.1, -0.05) is 57.8 Å². The Labute approximate surface area is 310 Å². The van der Waals surface area contributed by atoms with Crippen molar-refractivity contribution in [3.8, 4) is 0 Å². The summed E-state index contributed by atoms with van der Waals surface area (Å²) >= 11 is 6.33. The van der Waals surface area contributed by atoms with E-state index in [0.29, 0.717) is 30.5 Å². The van der Waals surface area contributed by atoms with Crippen LogP contribution in [0, 0.1) is 11.3 Å². The molecule has 4 amide bonds. The van der Waals surface area contributed by atoms with Crippen LogP contribution in [0.4, 0.5) is 23.7 Å². The molecule has 53 heavy (non-hydrogen) atoms. The van der Waals surface area contributed by atoms with Crippen molar-refractivity contribution in [3.05, 3.63) is 58.4 Å². The highest BCUT2D eigenvalue weighted by Gasteiger charge is 2.62. The maximum absolute atomic E-state index is 14.5. The summed E-state index contributed by atoms with van der Waals surface area (Å²) < 4.78 is 73.9. The van der Waals surface area contributed by atoms with Gasteiger partial charge in [0, 0.05) is 30.4 Å². The van der Waals surface area contributed by atoms with Crippen molar-refractivity contribution in [2.45, 2.75) is 108 Å². The van der Waals surface area contributed by atoms with Gasteiger partial charge in [0.25, 0.3) is 5.91 Å². The van der Waals surface area contributed by atoms with Crippen molar-refractivity contribution < 1.29 is 45.5 Å². The van der Waals surface area contributed by atoms with Crippen molar-refractivity contribution in [2.75, 3.05) is 11.9 Å². The van der Waals surface area contributed by atoms with E-state index in [4.69, 9.17) is 16.3 Å². The number of sulfonamides is 1. The number of amides is 4. The third-order valence-corrected chi connectivity index (χ3v) is 12.5. The molecule has 0 spiro atoms. The second-order valence-electron chi connectivity index (χ2n) is 15.3. The number of aromatic nitrogens is 1. The summed E-state index contributed by atoms with van der Waals surface area (Å²) in [7, 11) is -3.93. The number of likely N-dealkylation sites (tertiary alicyclic amines) is 1. The minimum atomic E-state index is -4.69. The van der Waals surface area contributed by atoms with E-state index in [1.54, 1.807) is 39.8 Å². The predicted molar refractivity (Wildman–Crippen MR) is 187 cm³/mol. The summed E-state index contributed by atoms with van der Waals surface area (Å²) in [5, 5.41) is 5.44. The zero-order valence-electron chi connectivity index (χ0n) is 29.6. The minimum absolute atomic E-state index is 0.0835. The quantitative estimate of drug-likeness (QED) is 0.312. The Bertz CT molecular complexity index is 1920. The molecule has 1 aromatic heterocycles. The zero-order chi connectivity index (χ0) is 38.7. The van der Waals surface area contributed by atoms with Gasteiger partial charge in [0.15, 0.2) is 0 Å². The largest absolute Gasteiger partial charge is 0.444 e. The highest BCUT2D eigenvalue weighted by Crippen LogP contribution is 2.47. The van der Waals surface area contributed by atoms with Gasteiger partial charge in [-0.3, -0.25) is 29.0 Å². The summed E-state index contributed by atoms with van der Waals surface area (Å²) in [5.41, 5.74) is -1.95. The number of nitrogens with zero attached hydrogens (tertiary/aromatic N) is 3. The van der Waals surface area contributed by atoms with Crippen LogP contribution in [0.1, 0.15) is 76.5 Å². The third kappa shape index (κ3) is 8.05. The predicted octanol–water partition coefficient (Wildman–Crippen LogP) is 4.60. The van der Waals surface area contributed by atoms with Crippen LogP contribution in [-0.2, 0) is 48.4 Å². The molecule has 4 aliphatic rings. The average Bonchev–Trinajstić information content (AvgIpc) is 3.97. The first-order valence-corrected chi connectivity index (χ1v) is 19.3. The van der Waals surface area contributed by atoms with E-state index >= 15 is 0 Å². The van der Waals surface area contributed by atoms with E-state index in [0.717, 1.165) is 23.4 Å². The molecule has 5 atom stereocenters. The van der Waals surface area contributed by atoms with Gasteiger partial charge in [-0.2, -0.15) is 13.2 Å². The van der Waals surface area contributed by atoms with Crippen LogP contribution in [0.2, 0.25) is 5.02 Å².